The highest BCUT2D eigenvalue weighted by molar-refractivity contribution is 5.07. The Hall–Kier alpha value is -0.0800. The van der Waals surface area contributed by atoms with Crippen LogP contribution in [0.3, 0.4) is 0 Å². The van der Waals surface area contributed by atoms with Gasteiger partial charge in [-0.05, 0) is 49.4 Å². The Labute approximate surface area is 105 Å². The van der Waals surface area contributed by atoms with Crippen molar-refractivity contribution in [2.45, 2.75) is 71.2 Å². The van der Waals surface area contributed by atoms with Gasteiger partial charge in [0.15, 0.2) is 6.29 Å². The summed E-state index contributed by atoms with van der Waals surface area (Å²) in [4.78, 5) is 0. The minimum atomic E-state index is -0.516. The fourth-order valence-electron chi connectivity index (χ4n) is 5.42. The Balaban J connectivity index is 1.94. The molecule has 0 aromatic carbocycles. The van der Waals surface area contributed by atoms with E-state index < -0.39 is 6.29 Å². The molecule has 6 atom stereocenters. The summed E-state index contributed by atoms with van der Waals surface area (Å²) in [7, 11) is 0. The molecule has 0 aromatic rings. The zero-order valence-electron chi connectivity index (χ0n) is 11.4. The lowest BCUT2D eigenvalue weighted by Crippen LogP contribution is -2.53. The number of rotatable bonds is 0. The van der Waals surface area contributed by atoms with Gasteiger partial charge in [-0.2, -0.15) is 0 Å². The van der Waals surface area contributed by atoms with Crippen LogP contribution in [0.4, 0.5) is 0 Å². The van der Waals surface area contributed by atoms with Crippen LogP contribution in [0.25, 0.3) is 0 Å². The molecule has 3 aliphatic rings. The maximum atomic E-state index is 9.87. The molecule has 0 spiro atoms. The predicted octanol–water partition coefficient (Wildman–Crippen LogP) is 3.34. The molecule has 0 radical (unpaired) electrons. The Morgan fingerprint density at radius 3 is 2.71 bits per heavy atom. The lowest BCUT2D eigenvalue weighted by Gasteiger charge is -2.56. The molecule has 98 valence electrons. The third-order valence-electron chi connectivity index (χ3n) is 6.24. The summed E-state index contributed by atoms with van der Waals surface area (Å²) in [5.41, 5.74) is 0.351. The van der Waals surface area contributed by atoms with Gasteiger partial charge in [-0.1, -0.05) is 26.7 Å². The van der Waals surface area contributed by atoms with Crippen LogP contribution in [-0.2, 0) is 4.74 Å². The van der Waals surface area contributed by atoms with E-state index in [4.69, 9.17) is 4.74 Å². The highest BCUT2D eigenvalue weighted by Crippen LogP contribution is 2.62. The highest BCUT2D eigenvalue weighted by atomic mass is 16.6. The standard InChI is InChI=1S/C15H26O2/c1-10-5-4-7-14(2)11(10)6-8-15(3)12(14)9-13(16)17-15/h10-13,16H,4-9H2,1-3H3. The molecule has 0 amide bonds. The van der Waals surface area contributed by atoms with Crippen molar-refractivity contribution in [1.29, 1.82) is 0 Å². The smallest absolute Gasteiger partial charge is 0.155 e. The van der Waals surface area contributed by atoms with E-state index in [0.717, 1.165) is 24.7 Å². The zero-order chi connectivity index (χ0) is 12.3. The van der Waals surface area contributed by atoms with Gasteiger partial charge in [0.1, 0.15) is 0 Å². The number of aliphatic hydroxyl groups is 1. The normalized spacial score (nSPS) is 58.6. The summed E-state index contributed by atoms with van der Waals surface area (Å²) >= 11 is 0. The average molecular weight is 238 g/mol. The monoisotopic (exact) mass is 238 g/mol. The van der Waals surface area contributed by atoms with Gasteiger partial charge < -0.3 is 9.84 Å². The third-order valence-corrected chi connectivity index (χ3v) is 6.24. The molecule has 6 unspecified atom stereocenters. The van der Waals surface area contributed by atoms with Crippen molar-refractivity contribution in [2.75, 3.05) is 0 Å². The van der Waals surface area contributed by atoms with Crippen molar-refractivity contribution in [3.8, 4) is 0 Å². The summed E-state index contributed by atoms with van der Waals surface area (Å²) in [6.07, 6.45) is 6.85. The first-order valence-corrected chi connectivity index (χ1v) is 7.31. The van der Waals surface area contributed by atoms with Gasteiger partial charge in [-0.3, -0.25) is 0 Å². The average Bonchev–Trinajstić information content (AvgIpc) is 2.54. The molecule has 0 aromatic heterocycles. The predicted molar refractivity (Wildman–Crippen MR) is 67.4 cm³/mol. The van der Waals surface area contributed by atoms with Gasteiger partial charge in [-0.25, -0.2) is 0 Å². The van der Waals surface area contributed by atoms with Gasteiger partial charge >= 0.3 is 0 Å². The molecule has 1 heterocycles. The quantitative estimate of drug-likeness (QED) is 0.701. The summed E-state index contributed by atoms with van der Waals surface area (Å²) in [5.74, 6) is 2.27. The summed E-state index contributed by atoms with van der Waals surface area (Å²) in [6.45, 7) is 7.13. The van der Waals surface area contributed by atoms with Crippen molar-refractivity contribution < 1.29 is 9.84 Å². The van der Waals surface area contributed by atoms with Crippen molar-refractivity contribution in [2.24, 2.45) is 23.2 Å². The molecule has 1 aliphatic heterocycles. The Kier molecular flexibility index (Phi) is 2.61. The first-order valence-electron chi connectivity index (χ1n) is 7.31. The fraction of sp³-hybridized carbons (Fsp3) is 1.00. The van der Waals surface area contributed by atoms with Crippen molar-refractivity contribution >= 4 is 0 Å². The second-order valence-corrected chi connectivity index (χ2v) is 7.19. The summed E-state index contributed by atoms with van der Waals surface area (Å²) in [5, 5.41) is 9.87. The van der Waals surface area contributed by atoms with Crippen LogP contribution in [0.2, 0.25) is 0 Å². The Morgan fingerprint density at radius 2 is 1.94 bits per heavy atom. The summed E-state index contributed by atoms with van der Waals surface area (Å²) < 4.78 is 5.86. The first kappa shape index (κ1) is 12.0. The SMILES string of the molecule is CC1CCCC2(C)C1CCC1(C)OC(O)CC12. The van der Waals surface area contributed by atoms with Crippen molar-refractivity contribution in [3.05, 3.63) is 0 Å². The molecule has 1 saturated heterocycles. The fourth-order valence-corrected chi connectivity index (χ4v) is 5.42. The number of fused-ring (bicyclic) bond motifs is 3. The Bertz CT molecular complexity index is 316. The minimum absolute atomic E-state index is 0.0538. The molecular weight excluding hydrogens is 212 g/mol. The molecule has 2 aliphatic carbocycles. The molecular formula is C15H26O2. The number of hydrogen-bond donors (Lipinski definition) is 1. The minimum Gasteiger partial charge on any atom is -0.368 e. The first-order chi connectivity index (χ1) is 7.96. The molecule has 17 heavy (non-hydrogen) atoms. The molecule has 3 fully saturated rings. The topological polar surface area (TPSA) is 29.5 Å². The second-order valence-electron chi connectivity index (χ2n) is 7.19. The molecule has 0 bridgehead atoms. The van der Waals surface area contributed by atoms with Crippen LogP contribution in [-0.4, -0.2) is 17.0 Å². The lowest BCUT2D eigenvalue weighted by atomic mass is 9.49. The molecule has 1 N–H and O–H groups in total. The van der Waals surface area contributed by atoms with E-state index in [2.05, 4.69) is 20.8 Å². The van der Waals surface area contributed by atoms with E-state index in [0.29, 0.717) is 11.3 Å². The van der Waals surface area contributed by atoms with Crippen molar-refractivity contribution in [1.82, 2.24) is 0 Å². The molecule has 2 heteroatoms. The van der Waals surface area contributed by atoms with Gasteiger partial charge in [0.05, 0.1) is 5.60 Å². The summed E-state index contributed by atoms with van der Waals surface area (Å²) in [6, 6.07) is 0. The van der Waals surface area contributed by atoms with Crippen LogP contribution in [0, 0.1) is 23.2 Å². The van der Waals surface area contributed by atoms with Crippen LogP contribution >= 0.6 is 0 Å². The van der Waals surface area contributed by atoms with E-state index in [1.807, 2.05) is 0 Å². The van der Waals surface area contributed by atoms with Crippen LogP contribution in [0.1, 0.15) is 59.3 Å². The van der Waals surface area contributed by atoms with Gasteiger partial charge in [0, 0.05) is 6.42 Å². The molecule has 3 rings (SSSR count). The van der Waals surface area contributed by atoms with E-state index in [9.17, 15) is 5.11 Å². The van der Waals surface area contributed by atoms with Gasteiger partial charge in [-0.15, -0.1) is 0 Å². The van der Waals surface area contributed by atoms with Crippen LogP contribution in [0.15, 0.2) is 0 Å². The van der Waals surface area contributed by atoms with E-state index in [-0.39, 0.29) is 5.60 Å². The van der Waals surface area contributed by atoms with Gasteiger partial charge in [0.2, 0.25) is 0 Å². The second kappa shape index (κ2) is 3.71. The largest absolute Gasteiger partial charge is 0.368 e. The Morgan fingerprint density at radius 1 is 1.18 bits per heavy atom. The third kappa shape index (κ3) is 1.60. The maximum Gasteiger partial charge on any atom is 0.155 e. The zero-order valence-corrected chi connectivity index (χ0v) is 11.4. The van der Waals surface area contributed by atoms with Gasteiger partial charge in [0.25, 0.3) is 0 Å². The molecule has 2 saturated carbocycles. The lowest BCUT2D eigenvalue weighted by molar-refractivity contribution is -0.172. The maximum absolute atomic E-state index is 9.87. The van der Waals surface area contributed by atoms with E-state index >= 15 is 0 Å². The highest BCUT2D eigenvalue weighted by Gasteiger charge is 2.59. The van der Waals surface area contributed by atoms with Crippen LogP contribution in [0.5, 0.6) is 0 Å². The van der Waals surface area contributed by atoms with Crippen molar-refractivity contribution in [3.63, 3.8) is 0 Å². The van der Waals surface area contributed by atoms with E-state index in [1.54, 1.807) is 0 Å². The number of aliphatic hydroxyl groups excluding tert-OH is 1. The number of ether oxygens (including phenoxy) is 1. The van der Waals surface area contributed by atoms with Crippen LogP contribution < -0.4 is 0 Å². The number of hydrogen-bond acceptors (Lipinski definition) is 2. The van der Waals surface area contributed by atoms with E-state index in [1.165, 1.54) is 25.7 Å². The molecule has 2 nitrogen and oxygen atoms in total.